The highest BCUT2D eigenvalue weighted by Gasteiger charge is 2.54. The van der Waals surface area contributed by atoms with Crippen molar-refractivity contribution in [3.8, 4) is 0 Å². The lowest BCUT2D eigenvalue weighted by atomic mass is 9.66. The molecule has 0 aromatic carbocycles. The van der Waals surface area contributed by atoms with E-state index in [1.807, 2.05) is 18.2 Å². The minimum atomic E-state index is -0.421. The van der Waals surface area contributed by atoms with Crippen LogP contribution in [-0.2, 0) is 14.3 Å². The SMILES string of the molecule is NC1=CC2C=CC1C1C(=O)OC(=O)C21. The van der Waals surface area contributed by atoms with Gasteiger partial charge in [-0.3, -0.25) is 9.59 Å². The van der Waals surface area contributed by atoms with Crippen molar-refractivity contribution in [1.82, 2.24) is 0 Å². The van der Waals surface area contributed by atoms with Gasteiger partial charge in [-0.1, -0.05) is 18.2 Å². The molecule has 2 bridgehead atoms. The lowest BCUT2D eigenvalue weighted by Crippen LogP contribution is -2.39. The van der Waals surface area contributed by atoms with Gasteiger partial charge in [0.05, 0.1) is 11.8 Å². The zero-order valence-electron chi connectivity index (χ0n) is 7.34. The van der Waals surface area contributed by atoms with Gasteiger partial charge < -0.3 is 10.5 Å². The normalized spacial score (nSPS) is 43.6. The fourth-order valence-electron chi connectivity index (χ4n) is 2.59. The van der Waals surface area contributed by atoms with E-state index in [-0.39, 0.29) is 23.7 Å². The largest absolute Gasteiger partial charge is 0.402 e. The zero-order chi connectivity index (χ0) is 9.87. The number of ether oxygens (including phenoxy) is 1. The number of hydrogen-bond acceptors (Lipinski definition) is 4. The molecule has 4 nitrogen and oxygen atoms in total. The summed E-state index contributed by atoms with van der Waals surface area (Å²) in [7, 11) is 0. The van der Waals surface area contributed by atoms with Crippen LogP contribution >= 0.6 is 0 Å². The molecule has 1 fully saturated rings. The van der Waals surface area contributed by atoms with Crippen molar-refractivity contribution in [2.45, 2.75) is 0 Å². The van der Waals surface area contributed by atoms with E-state index in [1.165, 1.54) is 0 Å². The second kappa shape index (κ2) is 2.26. The predicted molar refractivity (Wildman–Crippen MR) is 46.5 cm³/mol. The Kier molecular flexibility index (Phi) is 1.26. The fourth-order valence-corrected chi connectivity index (χ4v) is 2.59. The molecule has 1 heterocycles. The van der Waals surface area contributed by atoms with Crippen LogP contribution in [0.5, 0.6) is 0 Å². The second-order valence-corrected chi connectivity index (χ2v) is 3.95. The molecule has 4 aliphatic rings. The van der Waals surface area contributed by atoms with Crippen LogP contribution in [-0.4, -0.2) is 11.9 Å². The molecule has 0 amide bonds. The van der Waals surface area contributed by atoms with Gasteiger partial charge in [0, 0.05) is 17.5 Å². The fraction of sp³-hybridized carbons (Fsp3) is 0.400. The van der Waals surface area contributed by atoms with Crippen molar-refractivity contribution in [3.05, 3.63) is 23.9 Å². The summed E-state index contributed by atoms with van der Waals surface area (Å²) in [4.78, 5) is 22.8. The quantitative estimate of drug-likeness (QED) is 0.331. The molecule has 1 saturated heterocycles. The van der Waals surface area contributed by atoms with Crippen molar-refractivity contribution >= 4 is 11.9 Å². The highest BCUT2D eigenvalue weighted by molar-refractivity contribution is 5.98. The lowest BCUT2D eigenvalue weighted by Gasteiger charge is -2.35. The second-order valence-electron chi connectivity index (χ2n) is 3.95. The molecule has 0 aromatic heterocycles. The molecule has 14 heavy (non-hydrogen) atoms. The van der Waals surface area contributed by atoms with Crippen molar-refractivity contribution < 1.29 is 14.3 Å². The Morgan fingerprint density at radius 1 is 1.14 bits per heavy atom. The summed E-state index contributed by atoms with van der Waals surface area (Å²) in [6.45, 7) is 0. The Hall–Kier alpha value is -1.58. The third-order valence-corrected chi connectivity index (χ3v) is 3.24. The van der Waals surface area contributed by atoms with E-state index in [2.05, 4.69) is 4.74 Å². The van der Waals surface area contributed by atoms with Crippen molar-refractivity contribution in [3.63, 3.8) is 0 Å². The van der Waals surface area contributed by atoms with Crippen LogP contribution in [0.2, 0.25) is 0 Å². The molecular formula is C10H9NO3. The molecule has 72 valence electrons. The standard InChI is InChI=1S/C10H9NO3/c11-6-3-4-1-2-5(6)8-7(4)9(12)14-10(8)13/h1-5,7-8H,11H2. The van der Waals surface area contributed by atoms with Crippen LogP contribution in [0.25, 0.3) is 0 Å². The first-order chi connectivity index (χ1) is 6.68. The Labute approximate surface area is 80.4 Å². The highest BCUT2D eigenvalue weighted by atomic mass is 16.6. The maximum Gasteiger partial charge on any atom is 0.318 e. The maximum atomic E-state index is 11.4. The minimum absolute atomic E-state index is 0.0519. The molecule has 4 unspecified atom stereocenters. The molecule has 3 aliphatic carbocycles. The summed E-state index contributed by atoms with van der Waals surface area (Å²) in [6, 6.07) is 0. The molecule has 0 saturated carbocycles. The van der Waals surface area contributed by atoms with Crippen LogP contribution in [0.3, 0.4) is 0 Å². The molecular weight excluding hydrogens is 182 g/mol. The van der Waals surface area contributed by atoms with Crippen molar-refractivity contribution in [2.24, 2.45) is 29.4 Å². The first-order valence-corrected chi connectivity index (χ1v) is 4.59. The van der Waals surface area contributed by atoms with Crippen LogP contribution in [0.1, 0.15) is 0 Å². The summed E-state index contributed by atoms with van der Waals surface area (Å²) in [6.07, 6.45) is 5.69. The summed E-state index contributed by atoms with van der Waals surface area (Å²) in [5.74, 6) is -1.71. The van der Waals surface area contributed by atoms with Gasteiger partial charge in [-0.15, -0.1) is 0 Å². The number of nitrogens with two attached hydrogens (primary N) is 1. The van der Waals surface area contributed by atoms with Gasteiger partial charge in [-0.05, 0) is 0 Å². The molecule has 4 atom stereocenters. The van der Waals surface area contributed by atoms with Crippen LogP contribution < -0.4 is 5.73 Å². The van der Waals surface area contributed by atoms with E-state index < -0.39 is 11.9 Å². The first kappa shape index (κ1) is 7.79. The Morgan fingerprint density at radius 3 is 2.57 bits per heavy atom. The molecule has 0 spiro atoms. The number of hydrogen-bond donors (Lipinski definition) is 1. The molecule has 4 rings (SSSR count). The van der Waals surface area contributed by atoms with Gasteiger partial charge in [-0.25, -0.2) is 0 Å². The van der Waals surface area contributed by atoms with E-state index in [4.69, 9.17) is 5.73 Å². The van der Waals surface area contributed by atoms with Gasteiger partial charge in [0.15, 0.2) is 0 Å². The number of carbonyl (C=O) groups excluding carboxylic acids is 2. The zero-order valence-corrected chi connectivity index (χ0v) is 7.34. The molecule has 2 N–H and O–H groups in total. The summed E-state index contributed by atoms with van der Waals surface area (Å²) in [5, 5.41) is 0. The van der Waals surface area contributed by atoms with E-state index in [0.29, 0.717) is 5.70 Å². The van der Waals surface area contributed by atoms with E-state index in [0.717, 1.165) is 0 Å². The number of esters is 2. The molecule has 0 aromatic rings. The Morgan fingerprint density at radius 2 is 1.86 bits per heavy atom. The van der Waals surface area contributed by atoms with Gasteiger partial charge in [0.25, 0.3) is 0 Å². The van der Waals surface area contributed by atoms with Crippen molar-refractivity contribution in [1.29, 1.82) is 0 Å². The maximum absolute atomic E-state index is 11.4. The van der Waals surface area contributed by atoms with Crippen LogP contribution in [0.15, 0.2) is 23.9 Å². The van der Waals surface area contributed by atoms with E-state index in [1.54, 1.807) is 0 Å². The first-order valence-electron chi connectivity index (χ1n) is 4.59. The van der Waals surface area contributed by atoms with Crippen molar-refractivity contribution in [2.75, 3.05) is 0 Å². The average Bonchev–Trinajstić information content (AvgIpc) is 2.45. The topological polar surface area (TPSA) is 69.4 Å². The summed E-state index contributed by atoms with van der Waals surface area (Å²) >= 11 is 0. The summed E-state index contributed by atoms with van der Waals surface area (Å²) < 4.78 is 4.63. The molecule has 4 heteroatoms. The number of allylic oxidation sites excluding steroid dienone is 3. The highest BCUT2D eigenvalue weighted by Crippen LogP contribution is 2.46. The third-order valence-electron chi connectivity index (χ3n) is 3.24. The van der Waals surface area contributed by atoms with Gasteiger partial charge in [0.2, 0.25) is 0 Å². The predicted octanol–water partition coefficient (Wildman–Crippen LogP) is -0.0394. The molecule has 0 radical (unpaired) electrons. The van der Waals surface area contributed by atoms with Crippen LogP contribution in [0.4, 0.5) is 0 Å². The minimum Gasteiger partial charge on any atom is -0.402 e. The van der Waals surface area contributed by atoms with Gasteiger partial charge in [0.1, 0.15) is 0 Å². The smallest absolute Gasteiger partial charge is 0.318 e. The third kappa shape index (κ3) is 0.737. The molecule has 1 aliphatic heterocycles. The van der Waals surface area contributed by atoms with E-state index >= 15 is 0 Å². The lowest BCUT2D eigenvalue weighted by molar-refractivity contribution is -0.154. The van der Waals surface area contributed by atoms with Gasteiger partial charge in [-0.2, -0.15) is 0 Å². The number of carbonyl (C=O) groups is 2. The Balaban J connectivity index is 2.13. The number of cyclic esters (lactones) is 2. The monoisotopic (exact) mass is 191 g/mol. The number of rotatable bonds is 0. The van der Waals surface area contributed by atoms with E-state index in [9.17, 15) is 9.59 Å². The Bertz CT molecular complexity index is 396. The summed E-state index contributed by atoms with van der Waals surface area (Å²) in [5.41, 5.74) is 6.46. The van der Waals surface area contributed by atoms with Crippen LogP contribution in [0, 0.1) is 23.7 Å². The van der Waals surface area contributed by atoms with Gasteiger partial charge >= 0.3 is 11.9 Å². The average molecular weight is 191 g/mol.